The summed E-state index contributed by atoms with van der Waals surface area (Å²) in [5.41, 5.74) is 8.49. The van der Waals surface area contributed by atoms with Crippen LogP contribution in [0, 0.1) is 6.92 Å². The monoisotopic (exact) mass is 233 g/mol. The molecule has 1 amide bonds. The van der Waals surface area contributed by atoms with E-state index in [1.807, 2.05) is 32.0 Å². The van der Waals surface area contributed by atoms with Crippen molar-refractivity contribution in [1.29, 1.82) is 0 Å². The minimum Gasteiger partial charge on any atom is -0.398 e. The summed E-state index contributed by atoms with van der Waals surface area (Å²) in [5.74, 6) is 0.0478. The van der Waals surface area contributed by atoms with E-state index in [4.69, 9.17) is 5.73 Å². The first-order valence-corrected chi connectivity index (χ1v) is 5.99. The highest BCUT2D eigenvalue weighted by Gasteiger charge is 2.25. The summed E-state index contributed by atoms with van der Waals surface area (Å²) in [5, 5.41) is 6.12. The third-order valence-electron chi connectivity index (χ3n) is 2.98. The number of hydrogen-bond donors (Lipinski definition) is 3. The summed E-state index contributed by atoms with van der Waals surface area (Å²) in [6.07, 6.45) is 2.21. The van der Waals surface area contributed by atoms with Crippen LogP contribution in [0.5, 0.6) is 0 Å². The van der Waals surface area contributed by atoms with Gasteiger partial charge in [0, 0.05) is 17.4 Å². The van der Waals surface area contributed by atoms with Crippen molar-refractivity contribution < 1.29 is 4.79 Å². The van der Waals surface area contributed by atoms with Crippen LogP contribution >= 0.6 is 0 Å². The molecule has 4 N–H and O–H groups in total. The molecule has 1 fully saturated rings. The van der Waals surface area contributed by atoms with E-state index in [1.54, 1.807) is 0 Å². The molecule has 1 unspecified atom stereocenters. The Bertz CT molecular complexity index is 427. The summed E-state index contributed by atoms with van der Waals surface area (Å²) in [4.78, 5) is 11.7. The molecule has 0 heterocycles. The fourth-order valence-corrected chi connectivity index (χ4v) is 1.60. The van der Waals surface area contributed by atoms with E-state index in [2.05, 4.69) is 10.6 Å². The maximum atomic E-state index is 11.7. The van der Waals surface area contributed by atoms with Crippen molar-refractivity contribution >= 4 is 17.3 Å². The van der Waals surface area contributed by atoms with Crippen molar-refractivity contribution in [3.8, 4) is 0 Å². The van der Waals surface area contributed by atoms with Crippen LogP contribution in [0.1, 0.15) is 25.3 Å². The Morgan fingerprint density at radius 3 is 2.76 bits per heavy atom. The second kappa shape index (κ2) is 4.65. The minimum atomic E-state index is -0.238. The molecular weight excluding hydrogens is 214 g/mol. The quantitative estimate of drug-likeness (QED) is 0.693. The standard InChI is InChI=1S/C13H19N3O/c1-8-3-4-11(7-12(8)14)15-9(2)13(17)16-10-5-6-10/h3-4,7,9-10,15H,5-6,14H2,1-2H3,(H,16,17). The van der Waals surface area contributed by atoms with Gasteiger partial charge in [0.2, 0.25) is 5.91 Å². The Morgan fingerprint density at radius 2 is 2.18 bits per heavy atom. The molecule has 4 heteroatoms. The molecule has 0 bridgehead atoms. The van der Waals surface area contributed by atoms with Crippen LogP contribution < -0.4 is 16.4 Å². The number of amides is 1. The van der Waals surface area contributed by atoms with Gasteiger partial charge < -0.3 is 16.4 Å². The van der Waals surface area contributed by atoms with Crippen molar-refractivity contribution in [1.82, 2.24) is 5.32 Å². The third-order valence-corrected chi connectivity index (χ3v) is 2.98. The number of nitrogen functional groups attached to an aromatic ring is 1. The van der Waals surface area contributed by atoms with Gasteiger partial charge in [0.05, 0.1) is 0 Å². The zero-order valence-electron chi connectivity index (χ0n) is 10.3. The lowest BCUT2D eigenvalue weighted by Crippen LogP contribution is -2.38. The molecule has 1 aliphatic rings. The molecular formula is C13H19N3O. The highest BCUT2D eigenvalue weighted by molar-refractivity contribution is 5.84. The first-order valence-electron chi connectivity index (χ1n) is 5.99. The molecule has 17 heavy (non-hydrogen) atoms. The number of rotatable bonds is 4. The molecule has 2 rings (SSSR count). The van der Waals surface area contributed by atoms with Gasteiger partial charge >= 0.3 is 0 Å². The smallest absolute Gasteiger partial charge is 0.242 e. The van der Waals surface area contributed by atoms with Gasteiger partial charge in [-0.1, -0.05) is 6.07 Å². The largest absolute Gasteiger partial charge is 0.398 e. The van der Waals surface area contributed by atoms with E-state index >= 15 is 0 Å². The Hall–Kier alpha value is -1.71. The highest BCUT2D eigenvalue weighted by atomic mass is 16.2. The predicted octanol–water partition coefficient (Wildman–Crippen LogP) is 1.66. The van der Waals surface area contributed by atoms with Crippen LogP contribution in [-0.2, 0) is 4.79 Å². The average Bonchev–Trinajstić information content (AvgIpc) is 3.07. The lowest BCUT2D eigenvalue weighted by atomic mass is 10.1. The molecule has 1 saturated carbocycles. The molecule has 1 atom stereocenters. The van der Waals surface area contributed by atoms with Gasteiger partial charge in [0.15, 0.2) is 0 Å². The van der Waals surface area contributed by atoms with Crippen LogP contribution in [0.15, 0.2) is 18.2 Å². The molecule has 0 aromatic heterocycles. The number of benzene rings is 1. The van der Waals surface area contributed by atoms with Crippen LogP contribution in [0.2, 0.25) is 0 Å². The van der Waals surface area contributed by atoms with Crippen molar-refractivity contribution in [3.05, 3.63) is 23.8 Å². The van der Waals surface area contributed by atoms with Gasteiger partial charge in [0.1, 0.15) is 6.04 Å². The van der Waals surface area contributed by atoms with Crippen molar-refractivity contribution in [2.75, 3.05) is 11.1 Å². The van der Waals surface area contributed by atoms with Crippen LogP contribution in [0.25, 0.3) is 0 Å². The van der Waals surface area contributed by atoms with Crippen molar-refractivity contribution in [3.63, 3.8) is 0 Å². The lowest BCUT2D eigenvalue weighted by molar-refractivity contribution is -0.121. The molecule has 0 spiro atoms. The maximum absolute atomic E-state index is 11.7. The second-order valence-corrected chi connectivity index (χ2v) is 4.72. The Labute approximate surface area is 102 Å². The number of carbonyl (C=O) groups excluding carboxylic acids is 1. The highest BCUT2D eigenvalue weighted by Crippen LogP contribution is 2.20. The van der Waals surface area contributed by atoms with Gasteiger partial charge in [0.25, 0.3) is 0 Å². The van der Waals surface area contributed by atoms with Gasteiger partial charge in [-0.05, 0) is 44.4 Å². The Balaban J connectivity index is 1.94. The lowest BCUT2D eigenvalue weighted by Gasteiger charge is -2.15. The van der Waals surface area contributed by atoms with Gasteiger partial charge in [-0.25, -0.2) is 0 Å². The number of aryl methyl sites for hydroxylation is 1. The molecule has 1 aliphatic carbocycles. The average molecular weight is 233 g/mol. The van der Waals surface area contributed by atoms with Crippen molar-refractivity contribution in [2.45, 2.75) is 38.8 Å². The minimum absolute atomic E-state index is 0.0478. The third kappa shape index (κ3) is 3.12. The van der Waals surface area contributed by atoms with Gasteiger partial charge in [-0.3, -0.25) is 4.79 Å². The SMILES string of the molecule is Cc1ccc(NC(C)C(=O)NC2CC2)cc1N. The fourth-order valence-electron chi connectivity index (χ4n) is 1.60. The number of nitrogens with two attached hydrogens (primary N) is 1. The van der Waals surface area contributed by atoms with E-state index in [1.165, 1.54) is 0 Å². The first-order chi connectivity index (χ1) is 8.06. The zero-order valence-corrected chi connectivity index (χ0v) is 10.3. The summed E-state index contributed by atoms with van der Waals surface area (Å²) in [6.45, 7) is 3.82. The zero-order chi connectivity index (χ0) is 12.4. The first kappa shape index (κ1) is 11.8. The second-order valence-electron chi connectivity index (χ2n) is 4.72. The van der Waals surface area contributed by atoms with E-state index in [9.17, 15) is 4.79 Å². The van der Waals surface area contributed by atoms with E-state index in [0.29, 0.717) is 6.04 Å². The molecule has 0 radical (unpaired) electrons. The topological polar surface area (TPSA) is 67.2 Å². The fraction of sp³-hybridized carbons (Fsp3) is 0.462. The Kier molecular flexibility index (Phi) is 3.22. The Morgan fingerprint density at radius 1 is 1.47 bits per heavy atom. The molecule has 1 aromatic rings. The van der Waals surface area contributed by atoms with Crippen molar-refractivity contribution in [2.24, 2.45) is 0 Å². The summed E-state index contributed by atoms with van der Waals surface area (Å²) in [7, 11) is 0. The summed E-state index contributed by atoms with van der Waals surface area (Å²) in [6, 6.07) is 5.90. The predicted molar refractivity (Wildman–Crippen MR) is 69.8 cm³/mol. The van der Waals surface area contributed by atoms with E-state index in [-0.39, 0.29) is 11.9 Å². The number of nitrogens with one attached hydrogen (secondary N) is 2. The van der Waals surface area contributed by atoms with Gasteiger partial charge in [-0.15, -0.1) is 0 Å². The maximum Gasteiger partial charge on any atom is 0.242 e. The van der Waals surface area contributed by atoms with E-state index < -0.39 is 0 Å². The summed E-state index contributed by atoms with van der Waals surface area (Å²) < 4.78 is 0. The van der Waals surface area contributed by atoms with E-state index in [0.717, 1.165) is 29.8 Å². The normalized spacial score (nSPS) is 16.4. The molecule has 0 saturated heterocycles. The van der Waals surface area contributed by atoms with Crippen LogP contribution in [0.4, 0.5) is 11.4 Å². The molecule has 92 valence electrons. The number of anilines is 2. The van der Waals surface area contributed by atoms with Gasteiger partial charge in [-0.2, -0.15) is 0 Å². The van der Waals surface area contributed by atoms with Crippen LogP contribution in [-0.4, -0.2) is 18.0 Å². The molecule has 0 aliphatic heterocycles. The number of hydrogen-bond acceptors (Lipinski definition) is 3. The molecule has 1 aromatic carbocycles. The molecule has 4 nitrogen and oxygen atoms in total. The van der Waals surface area contributed by atoms with Crippen LogP contribution in [0.3, 0.4) is 0 Å². The summed E-state index contributed by atoms with van der Waals surface area (Å²) >= 11 is 0. The number of carbonyl (C=O) groups is 1.